The highest BCUT2D eigenvalue weighted by Crippen LogP contribution is 2.28. The predicted molar refractivity (Wildman–Crippen MR) is 107 cm³/mol. The molecule has 1 aliphatic rings. The molecule has 0 bridgehead atoms. The number of aromatic nitrogens is 2. The molecular formula is C21H25FN4O4. The molecule has 1 unspecified atom stereocenters. The summed E-state index contributed by atoms with van der Waals surface area (Å²) < 4.78 is 20.1. The van der Waals surface area contributed by atoms with Crippen molar-refractivity contribution in [3.8, 4) is 5.69 Å². The Kier molecular flexibility index (Phi) is 5.91. The summed E-state index contributed by atoms with van der Waals surface area (Å²) in [6.45, 7) is 6.71. The number of halogens is 1. The third kappa shape index (κ3) is 4.84. The van der Waals surface area contributed by atoms with Crippen LogP contribution in [0, 0.1) is 5.82 Å². The van der Waals surface area contributed by atoms with Crippen molar-refractivity contribution in [1.82, 2.24) is 20.4 Å². The molecule has 0 fully saturated rings. The Labute approximate surface area is 173 Å². The van der Waals surface area contributed by atoms with Crippen LogP contribution in [0.5, 0.6) is 0 Å². The summed E-state index contributed by atoms with van der Waals surface area (Å²) in [5, 5.41) is 9.11. The summed E-state index contributed by atoms with van der Waals surface area (Å²) in [6, 6.07) is 5.15. The average Bonchev–Trinajstić information content (AvgIpc) is 3.23. The zero-order valence-electron chi connectivity index (χ0n) is 17.4. The number of hydrogen-bond donors (Lipinski definition) is 2. The number of hydrogen-bond acceptors (Lipinski definition) is 5. The van der Waals surface area contributed by atoms with E-state index in [0.29, 0.717) is 12.1 Å². The third-order valence-corrected chi connectivity index (χ3v) is 4.57. The molecule has 160 valence electrons. The normalized spacial score (nSPS) is 14.0. The first-order valence-corrected chi connectivity index (χ1v) is 9.76. The van der Waals surface area contributed by atoms with Crippen LogP contribution in [0.4, 0.5) is 9.18 Å². The van der Waals surface area contributed by atoms with Gasteiger partial charge in [0.05, 0.1) is 5.69 Å². The first-order valence-electron chi connectivity index (χ1n) is 9.76. The lowest BCUT2D eigenvalue weighted by Crippen LogP contribution is -2.50. The molecule has 3 rings (SSSR count). The molecule has 1 atom stereocenters. The molecule has 30 heavy (non-hydrogen) atoms. The van der Waals surface area contributed by atoms with E-state index < -0.39 is 29.6 Å². The van der Waals surface area contributed by atoms with Crippen molar-refractivity contribution in [3.05, 3.63) is 47.0 Å². The SMILES string of the molecule is CC(OC(=O)c1nn(-c2ccc(F)cc2)c2c1CCC2)C(=O)NC(=O)NC(C)(C)C. The topological polar surface area (TPSA) is 102 Å². The van der Waals surface area contributed by atoms with Gasteiger partial charge in [-0.1, -0.05) is 0 Å². The van der Waals surface area contributed by atoms with E-state index in [1.165, 1.54) is 19.1 Å². The Balaban J connectivity index is 1.73. The van der Waals surface area contributed by atoms with Crippen molar-refractivity contribution < 1.29 is 23.5 Å². The molecule has 1 aromatic heterocycles. The molecule has 0 saturated carbocycles. The summed E-state index contributed by atoms with van der Waals surface area (Å²) in [5.74, 6) is -1.84. The van der Waals surface area contributed by atoms with E-state index in [0.717, 1.165) is 24.1 Å². The fourth-order valence-corrected chi connectivity index (χ4v) is 3.25. The number of nitrogens with one attached hydrogen (secondary N) is 2. The van der Waals surface area contributed by atoms with E-state index in [9.17, 15) is 18.8 Å². The van der Waals surface area contributed by atoms with Gasteiger partial charge in [-0.25, -0.2) is 18.7 Å². The molecule has 8 nitrogen and oxygen atoms in total. The highest BCUT2D eigenvalue weighted by Gasteiger charge is 2.30. The van der Waals surface area contributed by atoms with Crippen molar-refractivity contribution >= 4 is 17.9 Å². The maximum Gasteiger partial charge on any atom is 0.359 e. The standard InChI is InChI=1S/C21H25FN4O4/c1-12(18(27)23-20(29)24-21(2,3)4)30-19(28)17-15-6-5-7-16(15)26(25-17)14-10-8-13(22)9-11-14/h8-12H,5-7H2,1-4H3,(H2,23,24,27,29). The lowest BCUT2D eigenvalue weighted by atomic mass is 10.1. The van der Waals surface area contributed by atoms with E-state index in [2.05, 4.69) is 15.7 Å². The summed E-state index contributed by atoms with van der Waals surface area (Å²) in [6.07, 6.45) is 1.07. The number of carbonyl (C=O) groups is 3. The zero-order valence-corrected chi connectivity index (χ0v) is 17.4. The number of fused-ring (bicyclic) bond motifs is 1. The lowest BCUT2D eigenvalue weighted by molar-refractivity contribution is -0.127. The number of nitrogens with zero attached hydrogens (tertiary/aromatic N) is 2. The van der Waals surface area contributed by atoms with E-state index in [-0.39, 0.29) is 11.5 Å². The van der Waals surface area contributed by atoms with Crippen LogP contribution in [0.1, 0.15) is 55.9 Å². The summed E-state index contributed by atoms with van der Waals surface area (Å²) >= 11 is 0. The first-order chi connectivity index (χ1) is 14.0. The van der Waals surface area contributed by atoms with Gasteiger partial charge >= 0.3 is 12.0 Å². The summed E-state index contributed by atoms with van der Waals surface area (Å²) in [7, 11) is 0. The van der Waals surface area contributed by atoms with Gasteiger partial charge in [0.2, 0.25) is 0 Å². The van der Waals surface area contributed by atoms with Gasteiger partial charge in [0.15, 0.2) is 11.8 Å². The van der Waals surface area contributed by atoms with Crippen molar-refractivity contribution in [2.75, 3.05) is 0 Å². The van der Waals surface area contributed by atoms with Crippen LogP contribution in [0.3, 0.4) is 0 Å². The molecule has 2 aromatic rings. The van der Waals surface area contributed by atoms with Gasteiger partial charge in [-0.2, -0.15) is 5.10 Å². The number of ether oxygens (including phenoxy) is 1. The highest BCUT2D eigenvalue weighted by molar-refractivity contribution is 5.98. The number of benzene rings is 1. The van der Waals surface area contributed by atoms with Crippen LogP contribution in [0.2, 0.25) is 0 Å². The van der Waals surface area contributed by atoms with Gasteiger partial charge in [-0.3, -0.25) is 10.1 Å². The molecule has 3 amide bonds. The second-order valence-corrected chi connectivity index (χ2v) is 8.26. The number of urea groups is 1. The first kappa shape index (κ1) is 21.5. The molecule has 0 radical (unpaired) electrons. The Bertz CT molecular complexity index is 976. The van der Waals surface area contributed by atoms with Crippen LogP contribution in [-0.2, 0) is 22.4 Å². The van der Waals surface area contributed by atoms with Crippen LogP contribution < -0.4 is 10.6 Å². The highest BCUT2D eigenvalue weighted by atomic mass is 19.1. The molecule has 2 N–H and O–H groups in total. The number of carbonyl (C=O) groups excluding carboxylic acids is 3. The van der Waals surface area contributed by atoms with E-state index in [1.807, 2.05) is 0 Å². The Morgan fingerprint density at radius 1 is 1.17 bits per heavy atom. The molecular weight excluding hydrogens is 391 g/mol. The molecule has 1 aromatic carbocycles. The molecule has 0 spiro atoms. The van der Waals surface area contributed by atoms with Crippen LogP contribution in [0.15, 0.2) is 24.3 Å². The second-order valence-electron chi connectivity index (χ2n) is 8.26. The molecule has 1 aliphatic carbocycles. The largest absolute Gasteiger partial charge is 0.448 e. The monoisotopic (exact) mass is 416 g/mol. The molecule has 9 heteroatoms. The number of rotatable bonds is 4. The van der Waals surface area contributed by atoms with Crippen molar-refractivity contribution in [2.45, 2.75) is 58.6 Å². The van der Waals surface area contributed by atoms with Crippen LogP contribution in [0.25, 0.3) is 5.69 Å². The Morgan fingerprint density at radius 3 is 2.47 bits per heavy atom. The smallest absolute Gasteiger partial charge is 0.359 e. The number of imide groups is 1. The van der Waals surface area contributed by atoms with Crippen molar-refractivity contribution in [3.63, 3.8) is 0 Å². The Hall–Kier alpha value is -3.23. The predicted octanol–water partition coefficient (Wildman–Crippen LogP) is 2.67. The van der Waals surface area contributed by atoms with Gasteiger partial charge < -0.3 is 10.1 Å². The summed E-state index contributed by atoms with van der Waals surface area (Å²) in [5.41, 5.74) is 1.89. The fourth-order valence-electron chi connectivity index (χ4n) is 3.25. The number of esters is 1. The molecule has 1 heterocycles. The maximum atomic E-state index is 13.2. The van der Waals surface area contributed by atoms with E-state index in [4.69, 9.17) is 4.74 Å². The van der Waals surface area contributed by atoms with Gasteiger partial charge in [-0.05, 0) is 71.2 Å². The minimum atomic E-state index is -1.18. The van der Waals surface area contributed by atoms with Gasteiger partial charge in [0.1, 0.15) is 5.82 Å². The summed E-state index contributed by atoms with van der Waals surface area (Å²) in [4.78, 5) is 36.7. The minimum Gasteiger partial charge on any atom is -0.448 e. The fraction of sp³-hybridized carbons (Fsp3) is 0.429. The van der Waals surface area contributed by atoms with E-state index >= 15 is 0 Å². The second kappa shape index (κ2) is 8.25. The van der Waals surface area contributed by atoms with Gasteiger partial charge in [-0.15, -0.1) is 0 Å². The van der Waals surface area contributed by atoms with Gasteiger partial charge in [0.25, 0.3) is 5.91 Å². The average molecular weight is 416 g/mol. The zero-order chi connectivity index (χ0) is 22.1. The minimum absolute atomic E-state index is 0.130. The quantitative estimate of drug-likeness (QED) is 0.746. The lowest BCUT2D eigenvalue weighted by Gasteiger charge is -2.21. The van der Waals surface area contributed by atoms with Gasteiger partial charge in [0, 0.05) is 16.8 Å². The third-order valence-electron chi connectivity index (χ3n) is 4.57. The Morgan fingerprint density at radius 2 is 1.83 bits per heavy atom. The molecule has 0 saturated heterocycles. The van der Waals surface area contributed by atoms with Crippen molar-refractivity contribution in [1.29, 1.82) is 0 Å². The molecule has 0 aliphatic heterocycles. The van der Waals surface area contributed by atoms with Crippen LogP contribution >= 0.6 is 0 Å². The number of amides is 3. The van der Waals surface area contributed by atoms with Crippen LogP contribution in [-0.4, -0.2) is 39.3 Å². The maximum absolute atomic E-state index is 13.2. The van der Waals surface area contributed by atoms with E-state index in [1.54, 1.807) is 37.6 Å². The van der Waals surface area contributed by atoms with Crippen molar-refractivity contribution in [2.24, 2.45) is 0 Å².